The highest BCUT2D eigenvalue weighted by Crippen LogP contribution is 2.23. The monoisotopic (exact) mass is 320 g/mol. The van der Waals surface area contributed by atoms with Crippen LogP contribution < -0.4 is 9.80 Å². The second-order valence-electron chi connectivity index (χ2n) is 5.72. The van der Waals surface area contributed by atoms with Gasteiger partial charge in [0.1, 0.15) is 18.2 Å². The van der Waals surface area contributed by atoms with E-state index in [4.69, 9.17) is 5.26 Å². The summed E-state index contributed by atoms with van der Waals surface area (Å²) in [6, 6.07) is 5.79. The van der Waals surface area contributed by atoms with Crippen molar-refractivity contribution in [3.8, 4) is 6.07 Å². The number of aryl methyl sites for hydroxylation is 1. The van der Waals surface area contributed by atoms with Crippen LogP contribution in [0, 0.1) is 11.3 Å². The van der Waals surface area contributed by atoms with E-state index >= 15 is 0 Å². The van der Waals surface area contributed by atoms with Crippen LogP contribution in [0.15, 0.2) is 31.0 Å². The number of piperazine rings is 1. The van der Waals surface area contributed by atoms with Crippen molar-refractivity contribution in [1.29, 1.82) is 5.26 Å². The molecule has 0 saturated carbocycles. The first-order valence-electron chi connectivity index (χ1n) is 7.74. The van der Waals surface area contributed by atoms with E-state index in [-0.39, 0.29) is 0 Å². The van der Waals surface area contributed by atoms with Gasteiger partial charge in [-0.3, -0.25) is 0 Å². The fraction of sp³-hybridized carbons (Fsp3) is 0.312. The van der Waals surface area contributed by atoms with Gasteiger partial charge in [-0.15, -0.1) is 0 Å². The number of fused-ring (bicyclic) bond motifs is 1. The summed E-state index contributed by atoms with van der Waals surface area (Å²) in [7, 11) is 1.93. The normalized spacial score (nSPS) is 14.8. The van der Waals surface area contributed by atoms with Gasteiger partial charge in [-0.1, -0.05) is 0 Å². The third kappa shape index (κ3) is 2.40. The lowest BCUT2D eigenvalue weighted by Crippen LogP contribution is -2.47. The molecule has 4 rings (SSSR count). The first-order valence-corrected chi connectivity index (χ1v) is 7.74. The highest BCUT2D eigenvalue weighted by atomic mass is 15.3. The summed E-state index contributed by atoms with van der Waals surface area (Å²) >= 11 is 0. The molecule has 1 aliphatic heterocycles. The summed E-state index contributed by atoms with van der Waals surface area (Å²) in [4.78, 5) is 22.0. The van der Waals surface area contributed by atoms with Crippen molar-refractivity contribution in [3.63, 3.8) is 0 Å². The highest BCUT2D eigenvalue weighted by molar-refractivity contribution is 5.83. The molecule has 0 spiro atoms. The number of imidazole rings is 1. The summed E-state index contributed by atoms with van der Waals surface area (Å²) in [5.74, 6) is 1.78. The first kappa shape index (κ1) is 14.4. The Hall–Kier alpha value is -3.21. The Kier molecular flexibility index (Phi) is 3.46. The molecule has 0 unspecified atom stereocenters. The first-order chi connectivity index (χ1) is 11.8. The van der Waals surface area contributed by atoms with Gasteiger partial charge in [0.05, 0.1) is 11.9 Å². The molecule has 0 N–H and O–H groups in total. The van der Waals surface area contributed by atoms with E-state index < -0.39 is 0 Å². The zero-order valence-electron chi connectivity index (χ0n) is 13.3. The van der Waals surface area contributed by atoms with Crippen LogP contribution in [-0.2, 0) is 7.05 Å². The minimum atomic E-state index is 0.580. The lowest BCUT2D eigenvalue weighted by molar-refractivity contribution is 0.642. The third-order valence-corrected chi connectivity index (χ3v) is 4.26. The number of nitriles is 1. The number of rotatable bonds is 2. The molecule has 3 aromatic rings. The second-order valence-corrected chi connectivity index (χ2v) is 5.72. The van der Waals surface area contributed by atoms with Crippen molar-refractivity contribution in [3.05, 3.63) is 36.5 Å². The Morgan fingerprint density at radius 2 is 1.79 bits per heavy atom. The Balaban J connectivity index is 1.52. The van der Waals surface area contributed by atoms with Crippen LogP contribution in [0.1, 0.15) is 5.56 Å². The standard InChI is InChI=1S/C16H16N8/c1-22-11-21-14-15(22)19-10-20-16(14)24-6-4-23(5-7-24)13-3-2-12(8-17)9-18-13/h2-3,9-11H,4-7H2,1H3. The molecular weight excluding hydrogens is 304 g/mol. The van der Waals surface area contributed by atoms with Gasteiger partial charge in [-0.05, 0) is 12.1 Å². The highest BCUT2D eigenvalue weighted by Gasteiger charge is 2.22. The summed E-state index contributed by atoms with van der Waals surface area (Å²) in [6.45, 7) is 3.36. The molecule has 8 nitrogen and oxygen atoms in total. The van der Waals surface area contributed by atoms with Crippen molar-refractivity contribution in [2.24, 2.45) is 7.05 Å². The van der Waals surface area contributed by atoms with Gasteiger partial charge < -0.3 is 14.4 Å². The molecule has 120 valence electrons. The average molecular weight is 320 g/mol. The van der Waals surface area contributed by atoms with E-state index in [1.54, 1.807) is 24.9 Å². The fourth-order valence-electron chi connectivity index (χ4n) is 2.95. The minimum absolute atomic E-state index is 0.580. The number of hydrogen-bond donors (Lipinski definition) is 0. The van der Waals surface area contributed by atoms with E-state index in [1.165, 1.54) is 0 Å². The van der Waals surface area contributed by atoms with Crippen molar-refractivity contribution in [2.75, 3.05) is 36.0 Å². The molecule has 0 radical (unpaired) electrons. The van der Waals surface area contributed by atoms with Crippen molar-refractivity contribution < 1.29 is 0 Å². The molecule has 1 fully saturated rings. The average Bonchev–Trinajstić information content (AvgIpc) is 3.03. The lowest BCUT2D eigenvalue weighted by Gasteiger charge is -2.36. The number of anilines is 2. The Morgan fingerprint density at radius 1 is 1.00 bits per heavy atom. The van der Waals surface area contributed by atoms with Gasteiger partial charge in [0.2, 0.25) is 0 Å². The molecule has 3 aromatic heterocycles. The number of aromatic nitrogens is 5. The molecule has 0 bridgehead atoms. The molecule has 0 aliphatic carbocycles. The Morgan fingerprint density at radius 3 is 2.50 bits per heavy atom. The van der Waals surface area contributed by atoms with E-state index in [2.05, 4.69) is 35.8 Å². The van der Waals surface area contributed by atoms with Gasteiger partial charge in [0.15, 0.2) is 17.0 Å². The molecule has 0 amide bonds. The zero-order chi connectivity index (χ0) is 16.5. The van der Waals surface area contributed by atoms with Crippen LogP contribution >= 0.6 is 0 Å². The van der Waals surface area contributed by atoms with Gasteiger partial charge in [-0.25, -0.2) is 19.9 Å². The van der Waals surface area contributed by atoms with Crippen molar-refractivity contribution in [2.45, 2.75) is 0 Å². The summed E-state index contributed by atoms with van der Waals surface area (Å²) in [5, 5.41) is 8.86. The van der Waals surface area contributed by atoms with Crippen molar-refractivity contribution >= 4 is 22.8 Å². The third-order valence-electron chi connectivity index (χ3n) is 4.26. The van der Waals surface area contributed by atoms with E-state index in [9.17, 15) is 0 Å². The molecular formula is C16H16N8. The van der Waals surface area contributed by atoms with E-state index in [0.717, 1.165) is 49.0 Å². The maximum Gasteiger partial charge on any atom is 0.165 e. The SMILES string of the molecule is Cn1cnc2c(N3CCN(c4ccc(C#N)cn4)CC3)ncnc21. The summed E-state index contributed by atoms with van der Waals surface area (Å²) < 4.78 is 1.90. The van der Waals surface area contributed by atoms with Crippen LogP contribution in [0.4, 0.5) is 11.6 Å². The Bertz CT molecular complexity index is 900. The predicted molar refractivity (Wildman–Crippen MR) is 89.7 cm³/mol. The van der Waals surface area contributed by atoms with Crippen LogP contribution in [0.25, 0.3) is 11.2 Å². The van der Waals surface area contributed by atoms with Gasteiger partial charge in [0.25, 0.3) is 0 Å². The minimum Gasteiger partial charge on any atom is -0.353 e. The molecule has 8 heteroatoms. The molecule has 0 atom stereocenters. The number of nitrogens with zero attached hydrogens (tertiary/aromatic N) is 8. The number of pyridine rings is 1. The molecule has 1 saturated heterocycles. The lowest BCUT2D eigenvalue weighted by atomic mass is 10.2. The van der Waals surface area contributed by atoms with Crippen LogP contribution in [-0.4, -0.2) is 50.7 Å². The van der Waals surface area contributed by atoms with E-state index in [1.807, 2.05) is 17.7 Å². The zero-order valence-corrected chi connectivity index (χ0v) is 13.3. The maximum absolute atomic E-state index is 8.86. The van der Waals surface area contributed by atoms with Crippen LogP contribution in [0.5, 0.6) is 0 Å². The van der Waals surface area contributed by atoms with Crippen molar-refractivity contribution in [1.82, 2.24) is 24.5 Å². The Labute approximate surface area is 139 Å². The van der Waals surface area contributed by atoms with Crippen LogP contribution in [0.2, 0.25) is 0 Å². The fourth-order valence-corrected chi connectivity index (χ4v) is 2.95. The summed E-state index contributed by atoms with van der Waals surface area (Å²) in [5.41, 5.74) is 2.26. The smallest absolute Gasteiger partial charge is 0.165 e. The number of hydrogen-bond acceptors (Lipinski definition) is 7. The molecule has 1 aliphatic rings. The van der Waals surface area contributed by atoms with Gasteiger partial charge in [-0.2, -0.15) is 5.26 Å². The molecule has 4 heterocycles. The molecule has 24 heavy (non-hydrogen) atoms. The maximum atomic E-state index is 8.86. The second kappa shape index (κ2) is 5.77. The van der Waals surface area contributed by atoms with Crippen LogP contribution in [0.3, 0.4) is 0 Å². The summed E-state index contributed by atoms with van der Waals surface area (Å²) in [6.07, 6.45) is 4.97. The van der Waals surface area contributed by atoms with E-state index in [0.29, 0.717) is 5.56 Å². The predicted octanol–water partition coefficient (Wildman–Crippen LogP) is 0.957. The topological polar surface area (TPSA) is 86.8 Å². The molecule has 0 aromatic carbocycles. The quantitative estimate of drug-likeness (QED) is 0.695. The van der Waals surface area contributed by atoms with Gasteiger partial charge in [0, 0.05) is 39.4 Å². The largest absolute Gasteiger partial charge is 0.353 e. The van der Waals surface area contributed by atoms with Gasteiger partial charge >= 0.3 is 0 Å².